The minimum absolute atomic E-state index is 0.0318. The van der Waals surface area contributed by atoms with Crippen LogP contribution in [-0.2, 0) is 0 Å². The van der Waals surface area contributed by atoms with Crippen molar-refractivity contribution in [3.05, 3.63) is 35.1 Å². The van der Waals surface area contributed by atoms with Gasteiger partial charge >= 0.3 is 0 Å². The van der Waals surface area contributed by atoms with E-state index in [1.807, 2.05) is 20.2 Å². The maximum absolute atomic E-state index is 13.4. The van der Waals surface area contributed by atoms with Gasteiger partial charge in [-0.25, -0.2) is 4.39 Å². The summed E-state index contributed by atoms with van der Waals surface area (Å²) in [6.45, 7) is 3.33. The fourth-order valence-electron chi connectivity index (χ4n) is 1.58. The topological polar surface area (TPSA) is 35.5 Å². The Morgan fingerprint density at radius 3 is 2.65 bits per heavy atom. The molecule has 0 saturated heterocycles. The molecule has 0 saturated carbocycles. The second-order valence-corrected chi connectivity index (χ2v) is 4.50. The van der Waals surface area contributed by atoms with Gasteiger partial charge in [-0.1, -0.05) is 12.1 Å². The Morgan fingerprint density at radius 2 is 2.12 bits per heavy atom. The molecule has 0 radical (unpaired) electrons. The molecule has 1 aromatic rings. The Morgan fingerprint density at radius 1 is 1.41 bits per heavy atom. The zero-order valence-electron chi connectivity index (χ0n) is 10.7. The zero-order chi connectivity index (χ0) is 12.8. The van der Waals surface area contributed by atoms with Crippen molar-refractivity contribution in [2.24, 2.45) is 0 Å². The lowest BCUT2D eigenvalue weighted by Crippen LogP contribution is -2.31. The fraction of sp³-hybridized carbons (Fsp3) is 0.538. The first kappa shape index (κ1) is 14.1. The van der Waals surface area contributed by atoms with Crippen LogP contribution in [0.15, 0.2) is 18.2 Å². The van der Waals surface area contributed by atoms with E-state index in [1.54, 1.807) is 13.0 Å². The summed E-state index contributed by atoms with van der Waals surface area (Å²) in [7, 11) is 3.97. The quantitative estimate of drug-likeness (QED) is 0.787. The summed E-state index contributed by atoms with van der Waals surface area (Å²) in [5, 5.41) is 12.5. The number of aliphatic hydroxyl groups excluding tert-OH is 1. The van der Waals surface area contributed by atoms with Crippen LogP contribution in [0.4, 0.5) is 4.39 Å². The number of aryl methyl sites for hydroxylation is 1. The van der Waals surface area contributed by atoms with E-state index in [9.17, 15) is 9.50 Å². The number of likely N-dealkylation sites (N-methyl/N-ethyl adjacent to an activating group) is 1. The van der Waals surface area contributed by atoms with Gasteiger partial charge in [0.15, 0.2) is 0 Å². The zero-order valence-corrected chi connectivity index (χ0v) is 10.7. The van der Waals surface area contributed by atoms with Gasteiger partial charge in [0.25, 0.3) is 0 Å². The number of nitrogens with one attached hydrogen (secondary N) is 1. The standard InChI is InChI=1S/C13H21FN2O/c1-10-4-5-11(8-12(10)14)13(9-17)15-6-7-16(2)3/h4-5,8,13,15,17H,6-7,9H2,1-3H3. The van der Waals surface area contributed by atoms with E-state index in [1.165, 1.54) is 6.07 Å². The maximum Gasteiger partial charge on any atom is 0.126 e. The molecule has 0 heterocycles. The van der Waals surface area contributed by atoms with Crippen molar-refractivity contribution < 1.29 is 9.50 Å². The van der Waals surface area contributed by atoms with E-state index in [4.69, 9.17) is 0 Å². The smallest absolute Gasteiger partial charge is 0.126 e. The molecule has 1 rings (SSSR count). The molecule has 1 atom stereocenters. The van der Waals surface area contributed by atoms with E-state index >= 15 is 0 Å². The number of halogens is 1. The van der Waals surface area contributed by atoms with Crippen molar-refractivity contribution in [1.82, 2.24) is 10.2 Å². The highest BCUT2D eigenvalue weighted by molar-refractivity contribution is 5.25. The third-order valence-electron chi connectivity index (χ3n) is 2.73. The van der Waals surface area contributed by atoms with Gasteiger partial charge in [0.05, 0.1) is 12.6 Å². The molecule has 0 aliphatic heterocycles. The first-order valence-electron chi connectivity index (χ1n) is 5.79. The van der Waals surface area contributed by atoms with Gasteiger partial charge in [-0.2, -0.15) is 0 Å². The minimum atomic E-state index is -0.227. The number of hydrogen-bond acceptors (Lipinski definition) is 3. The number of nitrogens with zero attached hydrogens (tertiary/aromatic N) is 1. The highest BCUT2D eigenvalue weighted by atomic mass is 19.1. The third-order valence-corrected chi connectivity index (χ3v) is 2.73. The van der Waals surface area contributed by atoms with Crippen molar-refractivity contribution >= 4 is 0 Å². The highest BCUT2D eigenvalue weighted by Crippen LogP contribution is 2.16. The largest absolute Gasteiger partial charge is 0.394 e. The second-order valence-electron chi connectivity index (χ2n) is 4.50. The number of aliphatic hydroxyl groups is 1. The number of rotatable bonds is 6. The first-order chi connectivity index (χ1) is 8.04. The Balaban J connectivity index is 2.62. The number of hydrogen-bond donors (Lipinski definition) is 2. The van der Waals surface area contributed by atoms with Crippen LogP contribution in [-0.4, -0.2) is 43.8 Å². The molecule has 1 aromatic carbocycles. The van der Waals surface area contributed by atoms with Crippen molar-refractivity contribution in [2.75, 3.05) is 33.8 Å². The molecular weight excluding hydrogens is 219 g/mol. The molecule has 96 valence electrons. The van der Waals surface area contributed by atoms with E-state index in [-0.39, 0.29) is 18.5 Å². The molecular formula is C13H21FN2O. The molecule has 0 amide bonds. The molecule has 4 heteroatoms. The average Bonchev–Trinajstić information content (AvgIpc) is 2.28. The van der Waals surface area contributed by atoms with Crippen LogP contribution in [0.5, 0.6) is 0 Å². The molecule has 0 bridgehead atoms. The van der Waals surface area contributed by atoms with E-state index in [2.05, 4.69) is 10.2 Å². The van der Waals surface area contributed by atoms with Crippen molar-refractivity contribution in [1.29, 1.82) is 0 Å². The summed E-state index contributed by atoms with van der Waals surface area (Å²) >= 11 is 0. The maximum atomic E-state index is 13.4. The molecule has 0 aromatic heterocycles. The summed E-state index contributed by atoms with van der Waals surface area (Å²) < 4.78 is 13.4. The van der Waals surface area contributed by atoms with Gasteiger partial charge in [0.1, 0.15) is 5.82 Å². The summed E-state index contributed by atoms with van der Waals surface area (Å²) in [5.74, 6) is -0.227. The van der Waals surface area contributed by atoms with Crippen LogP contribution >= 0.6 is 0 Å². The second kappa shape index (κ2) is 6.69. The molecule has 17 heavy (non-hydrogen) atoms. The van der Waals surface area contributed by atoms with Crippen LogP contribution in [0.3, 0.4) is 0 Å². The Hall–Kier alpha value is -0.970. The number of benzene rings is 1. The van der Waals surface area contributed by atoms with Gasteiger partial charge in [0, 0.05) is 13.1 Å². The van der Waals surface area contributed by atoms with Gasteiger partial charge in [-0.15, -0.1) is 0 Å². The van der Waals surface area contributed by atoms with Gasteiger partial charge in [0.2, 0.25) is 0 Å². The summed E-state index contributed by atoms with van der Waals surface area (Å²) in [6.07, 6.45) is 0. The Bertz CT molecular complexity index is 355. The molecule has 0 aliphatic rings. The van der Waals surface area contributed by atoms with E-state index < -0.39 is 0 Å². The summed E-state index contributed by atoms with van der Waals surface area (Å²) in [5.41, 5.74) is 1.41. The van der Waals surface area contributed by atoms with Crippen LogP contribution < -0.4 is 5.32 Å². The molecule has 0 fully saturated rings. The Labute approximate surface area is 102 Å². The molecule has 1 unspecified atom stereocenters. The molecule has 0 aliphatic carbocycles. The highest BCUT2D eigenvalue weighted by Gasteiger charge is 2.11. The van der Waals surface area contributed by atoms with Gasteiger partial charge in [-0.3, -0.25) is 0 Å². The monoisotopic (exact) mass is 240 g/mol. The Kier molecular flexibility index (Phi) is 5.55. The normalized spacial score (nSPS) is 13.1. The van der Waals surface area contributed by atoms with Gasteiger partial charge in [-0.05, 0) is 38.2 Å². The van der Waals surface area contributed by atoms with Crippen molar-refractivity contribution in [2.45, 2.75) is 13.0 Å². The first-order valence-corrected chi connectivity index (χ1v) is 5.79. The summed E-state index contributed by atoms with van der Waals surface area (Å²) in [6, 6.07) is 4.87. The lowest BCUT2D eigenvalue weighted by Gasteiger charge is -2.18. The molecule has 0 spiro atoms. The van der Waals surface area contributed by atoms with E-state index in [0.29, 0.717) is 5.56 Å². The van der Waals surface area contributed by atoms with Crippen molar-refractivity contribution in [3.8, 4) is 0 Å². The predicted octanol–water partition coefficient (Wildman–Crippen LogP) is 1.32. The fourth-order valence-corrected chi connectivity index (χ4v) is 1.58. The molecule has 2 N–H and O–H groups in total. The van der Waals surface area contributed by atoms with Crippen LogP contribution in [0.2, 0.25) is 0 Å². The third kappa shape index (κ3) is 4.42. The lowest BCUT2D eigenvalue weighted by atomic mass is 10.1. The molecule has 3 nitrogen and oxygen atoms in total. The van der Waals surface area contributed by atoms with E-state index in [0.717, 1.165) is 18.7 Å². The average molecular weight is 240 g/mol. The van der Waals surface area contributed by atoms with Crippen molar-refractivity contribution in [3.63, 3.8) is 0 Å². The van der Waals surface area contributed by atoms with Gasteiger partial charge < -0.3 is 15.3 Å². The summed E-state index contributed by atoms with van der Waals surface area (Å²) in [4.78, 5) is 2.05. The lowest BCUT2D eigenvalue weighted by molar-refractivity contribution is 0.240. The SMILES string of the molecule is Cc1ccc(C(CO)NCCN(C)C)cc1F. The van der Waals surface area contributed by atoms with Crippen LogP contribution in [0.1, 0.15) is 17.2 Å². The van der Waals surface area contributed by atoms with Crippen LogP contribution in [0.25, 0.3) is 0 Å². The minimum Gasteiger partial charge on any atom is -0.394 e. The van der Waals surface area contributed by atoms with Crippen LogP contribution in [0, 0.1) is 12.7 Å². The predicted molar refractivity (Wildman–Crippen MR) is 67.5 cm³/mol.